The fourth-order valence-corrected chi connectivity index (χ4v) is 1.89. The van der Waals surface area contributed by atoms with Crippen LogP contribution in [0.1, 0.15) is 21.6 Å². The number of carbonyl (C=O) groups excluding carboxylic acids is 2. The van der Waals surface area contributed by atoms with Crippen LogP contribution in [0.15, 0.2) is 42.9 Å². The fourth-order valence-electron chi connectivity index (χ4n) is 1.89. The Kier molecular flexibility index (Phi) is 7.02. The quantitative estimate of drug-likeness (QED) is 0.627. The van der Waals surface area contributed by atoms with Gasteiger partial charge in [-0.05, 0) is 42.0 Å². The number of hydrogen-bond acceptors (Lipinski definition) is 6. The molecule has 0 fully saturated rings. The molecule has 1 amide bonds. The minimum Gasteiger partial charge on any atom is -0.388 e. The van der Waals surface area contributed by atoms with E-state index in [1.807, 2.05) is 0 Å². The van der Waals surface area contributed by atoms with E-state index in [4.69, 9.17) is 10.8 Å². The van der Waals surface area contributed by atoms with Gasteiger partial charge in [-0.2, -0.15) is 0 Å². The van der Waals surface area contributed by atoms with Gasteiger partial charge in [-0.3, -0.25) is 14.6 Å². The molecule has 1 aromatic heterocycles. The molecule has 1 heterocycles. The minimum atomic E-state index is -0.914. The normalized spacial score (nSPS) is 10.5. The maximum absolute atomic E-state index is 12.1. The molecule has 7 heteroatoms. The zero-order valence-corrected chi connectivity index (χ0v) is 13.8. The lowest BCUT2D eigenvalue weighted by molar-refractivity contribution is -0.123. The van der Waals surface area contributed by atoms with Crippen molar-refractivity contribution in [1.29, 1.82) is 0 Å². The van der Waals surface area contributed by atoms with Crippen LogP contribution in [0.4, 0.5) is 0 Å². The van der Waals surface area contributed by atoms with E-state index in [1.54, 1.807) is 36.7 Å². The van der Waals surface area contributed by atoms with Gasteiger partial charge in [0.1, 0.15) is 18.3 Å². The summed E-state index contributed by atoms with van der Waals surface area (Å²) < 4.78 is 0. The van der Waals surface area contributed by atoms with E-state index in [9.17, 15) is 9.59 Å². The van der Waals surface area contributed by atoms with Crippen molar-refractivity contribution in [1.82, 2.24) is 15.3 Å². The molecule has 7 nitrogen and oxygen atoms in total. The van der Waals surface area contributed by atoms with E-state index in [0.29, 0.717) is 16.8 Å². The lowest BCUT2D eigenvalue weighted by Crippen LogP contribution is -2.46. The van der Waals surface area contributed by atoms with Gasteiger partial charge in [0, 0.05) is 30.1 Å². The number of amides is 1. The third-order valence-electron chi connectivity index (χ3n) is 3.26. The van der Waals surface area contributed by atoms with E-state index in [-0.39, 0.29) is 6.54 Å². The van der Waals surface area contributed by atoms with Gasteiger partial charge in [0.2, 0.25) is 0 Å². The van der Waals surface area contributed by atoms with Crippen LogP contribution < -0.4 is 11.1 Å². The number of carbonyl (C=O) groups is 2. The molecule has 1 aromatic carbocycles. The predicted octanol–water partition coefficient (Wildman–Crippen LogP) is -0.502. The molecule has 0 saturated carbocycles. The Balaban J connectivity index is 2.00. The third-order valence-corrected chi connectivity index (χ3v) is 3.26. The first-order valence-corrected chi connectivity index (χ1v) is 7.66. The van der Waals surface area contributed by atoms with Crippen LogP contribution >= 0.6 is 0 Å². The van der Waals surface area contributed by atoms with Gasteiger partial charge < -0.3 is 16.2 Å². The Morgan fingerprint density at radius 2 is 1.88 bits per heavy atom. The molecule has 4 N–H and O–H groups in total. The molecule has 0 aliphatic heterocycles. The van der Waals surface area contributed by atoms with Crippen molar-refractivity contribution in [3.63, 3.8) is 0 Å². The number of ketones is 1. The Hall–Kier alpha value is -3.52. The van der Waals surface area contributed by atoms with Crippen LogP contribution in [0, 0.1) is 23.7 Å². The van der Waals surface area contributed by atoms with Crippen LogP contribution in [0.3, 0.4) is 0 Å². The number of hydrogen-bond donors (Lipinski definition) is 3. The van der Waals surface area contributed by atoms with Crippen molar-refractivity contribution in [2.45, 2.75) is 6.04 Å². The molecule has 0 aliphatic rings. The van der Waals surface area contributed by atoms with Crippen LogP contribution in [0.5, 0.6) is 0 Å². The number of aromatic nitrogens is 2. The Labute approximate surface area is 150 Å². The number of benzene rings is 1. The molecule has 130 valence electrons. The average molecular weight is 348 g/mol. The molecule has 1 atom stereocenters. The highest BCUT2D eigenvalue weighted by molar-refractivity contribution is 5.98. The Bertz CT molecular complexity index is 888. The lowest BCUT2D eigenvalue weighted by atomic mass is 10.1. The summed E-state index contributed by atoms with van der Waals surface area (Å²) in [6.45, 7) is -0.759. The van der Waals surface area contributed by atoms with Gasteiger partial charge >= 0.3 is 0 Å². The number of nitrogens with two attached hydrogens (primary N) is 1. The van der Waals surface area contributed by atoms with Crippen molar-refractivity contribution in [3.05, 3.63) is 59.7 Å². The average Bonchev–Trinajstić information content (AvgIpc) is 2.70. The van der Waals surface area contributed by atoms with Gasteiger partial charge in [-0.25, -0.2) is 4.98 Å². The van der Waals surface area contributed by atoms with E-state index in [0.717, 1.165) is 0 Å². The largest absolute Gasteiger partial charge is 0.388 e. The first-order valence-electron chi connectivity index (χ1n) is 7.66. The summed E-state index contributed by atoms with van der Waals surface area (Å²) in [5, 5.41) is 11.3. The van der Waals surface area contributed by atoms with Crippen LogP contribution in [0.2, 0.25) is 0 Å². The highest BCUT2D eigenvalue weighted by atomic mass is 16.3. The maximum Gasteiger partial charge on any atom is 0.251 e. The molecule has 26 heavy (non-hydrogen) atoms. The van der Waals surface area contributed by atoms with Crippen molar-refractivity contribution in [2.75, 3.05) is 13.2 Å². The highest BCUT2D eigenvalue weighted by Crippen LogP contribution is 2.04. The van der Waals surface area contributed by atoms with Crippen molar-refractivity contribution < 1.29 is 14.7 Å². The molecule has 0 bridgehead atoms. The number of Topliss-reactive ketones (excluding diaryl/α,β-unsaturated/α-hetero) is 1. The van der Waals surface area contributed by atoms with Crippen LogP contribution in [0.25, 0.3) is 0 Å². The van der Waals surface area contributed by atoms with Crippen molar-refractivity contribution in [3.8, 4) is 23.7 Å². The first kappa shape index (κ1) is 18.8. The summed E-state index contributed by atoms with van der Waals surface area (Å²) in [7, 11) is 0. The summed E-state index contributed by atoms with van der Waals surface area (Å²) >= 11 is 0. The van der Waals surface area contributed by atoms with E-state index in [1.165, 1.54) is 6.20 Å². The zero-order valence-electron chi connectivity index (χ0n) is 13.8. The minimum absolute atomic E-state index is 0.0842. The van der Waals surface area contributed by atoms with Gasteiger partial charge in [0.05, 0.1) is 6.20 Å². The van der Waals surface area contributed by atoms with Crippen molar-refractivity contribution in [2.24, 2.45) is 5.73 Å². The molecular formula is C19H16N4O3. The molecule has 0 spiro atoms. The lowest BCUT2D eigenvalue weighted by Gasteiger charge is -2.14. The van der Waals surface area contributed by atoms with Gasteiger partial charge in [-0.15, -0.1) is 0 Å². The van der Waals surface area contributed by atoms with E-state index in [2.05, 4.69) is 39.0 Å². The van der Waals surface area contributed by atoms with E-state index >= 15 is 0 Å². The summed E-state index contributed by atoms with van der Waals surface area (Å²) in [4.78, 5) is 31.4. The Morgan fingerprint density at radius 1 is 1.15 bits per heavy atom. The number of aliphatic hydroxyl groups excluding tert-OH is 1. The standard InChI is InChI=1S/C19H16N4O3/c20-11-17(18(25)13-24)23-19(26)15-7-5-14(6-8-15)3-1-2-4-16-12-21-9-10-22-16/h5-10,12,17,24H,11,13,20H2,(H,23,26)/t17-/m0/s1. The number of nitrogens with one attached hydrogen (secondary N) is 1. The van der Waals surface area contributed by atoms with Crippen molar-refractivity contribution >= 4 is 11.7 Å². The molecule has 0 aliphatic carbocycles. The molecular weight excluding hydrogens is 332 g/mol. The highest BCUT2D eigenvalue weighted by Gasteiger charge is 2.18. The topological polar surface area (TPSA) is 118 Å². The second kappa shape index (κ2) is 9.70. The van der Waals surface area contributed by atoms with Gasteiger partial charge in [0.25, 0.3) is 5.91 Å². The summed E-state index contributed by atoms with van der Waals surface area (Å²) in [5.74, 6) is 9.99. The number of rotatable bonds is 5. The SMILES string of the molecule is NC[C@H](NC(=O)c1ccc(C#CC#Cc2cnccn2)cc1)C(=O)CO. The molecule has 2 aromatic rings. The predicted molar refractivity (Wildman–Crippen MR) is 94.6 cm³/mol. The van der Waals surface area contributed by atoms with Gasteiger partial charge in [0.15, 0.2) is 5.78 Å². The maximum atomic E-state index is 12.1. The fraction of sp³-hybridized carbons (Fsp3) is 0.158. The van der Waals surface area contributed by atoms with E-state index < -0.39 is 24.3 Å². The summed E-state index contributed by atoms with van der Waals surface area (Å²) in [6.07, 6.45) is 4.65. The Morgan fingerprint density at radius 3 is 2.50 bits per heavy atom. The number of aliphatic hydroxyl groups is 1. The first-order chi connectivity index (χ1) is 12.6. The summed E-state index contributed by atoms with van der Waals surface area (Å²) in [5.41, 5.74) is 6.98. The van der Waals surface area contributed by atoms with Crippen LogP contribution in [-0.4, -0.2) is 46.0 Å². The number of nitrogens with zero attached hydrogens (tertiary/aromatic N) is 2. The molecule has 2 rings (SSSR count). The monoisotopic (exact) mass is 348 g/mol. The van der Waals surface area contributed by atoms with Crippen LogP contribution in [-0.2, 0) is 4.79 Å². The molecule has 0 saturated heterocycles. The second-order valence-electron chi connectivity index (χ2n) is 5.05. The third kappa shape index (κ3) is 5.53. The second-order valence-corrected chi connectivity index (χ2v) is 5.05. The molecule has 0 radical (unpaired) electrons. The smallest absolute Gasteiger partial charge is 0.251 e. The van der Waals surface area contributed by atoms with Gasteiger partial charge in [-0.1, -0.05) is 5.92 Å². The zero-order chi connectivity index (χ0) is 18.8. The summed E-state index contributed by atoms with van der Waals surface area (Å²) in [6, 6.07) is 5.57. The molecule has 0 unspecified atom stereocenters.